The van der Waals surface area contributed by atoms with Gasteiger partial charge < -0.3 is 28.6 Å². The highest BCUT2D eigenvalue weighted by Gasteiger charge is 2.25. The maximum atomic E-state index is 13.0. The second-order valence-corrected chi connectivity index (χ2v) is 7.91. The Kier molecular flexibility index (Phi) is 12.9. The van der Waals surface area contributed by atoms with Crippen molar-refractivity contribution in [2.45, 2.75) is 26.9 Å². The SMILES string of the molecule is C[C@@H](C[C@H](C)C(=O)N1CCOCCOCCOCCOCC1)C(=O)OCc1ccccc1. The monoisotopic (exact) mass is 451 g/mol. The molecule has 0 spiro atoms. The van der Waals surface area contributed by atoms with Crippen LogP contribution < -0.4 is 0 Å². The highest BCUT2D eigenvalue weighted by Crippen LogP contribution is 2.17. The second-order valence-electron chi connectivity index (χ2n) is 7.91. The van der Waals surface area contributed by atoms with E-state index in [-0.39, 0.29) is 30.3 Å². The summed E-state index contributed by atoms with van der Waals surface area (Å²) in [7, 11) is 0. The maximum absolute atomic E-state index is 13.0. The molecule has 1 heterocycles. The molecule has 8 nitrogen and oxygen atoms in total. The van der Waals surface area contributed by atoms with Gasteiger partial charge in [0.05, 0.1) is 58.8 Å². The lowest BCUT2D eigenvalue weighted by molar-refractivity contribution is -0.150. The number of rotatable bonds is 6. The Labute approximate surface area is 191 Å². The van der Waals surface area contributed by atoms with Crippen molar-refractivity contribution >= 4 is 11.9 Å². The number of carbonyl (C=O) groups excluding carboxylic acids is 2. The summed E-state index contributed by atoms with van der Waals surface area (Å²) in [6, 6.07) is 9.55. The molecule has 0 aliphatic carbocycles. The minimum Gasteiger partial charge on any atom is -0.461 e. The van der Waals surface area contributed by atoms with E-state index < -0.39 is 0 Å². The highest BCUT2D eigenvalue weighted by molar-refractivity contribution is 5.80. The third-order valence-corrected chi connectivity index (χ3v) is 5.19. The molecule has 1 aliphatic rings. The van der Waals surface area contributed by atoms with Crippen LogP contribution in [0.25, 0.3) is 0 Å². The topological polar surface area (TPSA) is 83.5 Å². The summed E-state index contributed by atoms with van der Waals surface area (Å²) < 4.78 is 27.4. The first-order valence-electron chi connectivity index (χ1n) is 11.4. The van der Waals surface area contributed by atoms with E-state index in [1.165, 1.54) is 0 Å². The summed E-state index contributed by atoms with van der Waals surface area (Å²) in [4.78, 5) is 27.2. The van der Waals surface area contributed by atoms with Crippen LogP contribution in [-0.2, 0) is 39.9 Å². The van der Waals surface area contributed by atoms with Gasteiger partial charge in [0.15, 0.2) is 0 Å². The molecule has 0 saturated carbocycles. The number of carbonyl (C=O) groups is 2. The number of benzene rings is 1. The number of hydrogen-bond acceptors (Lipinski definition) is 7. The Bertz CT molecular complexity index is 639. The molecule has 32 heavy (non-hydrogen) atoms. The lowest BCUT2D eigenvalue weighted by Gasteiger charge is -2.26. The van der Waals surface area contributed by atoms with E-state index in [1.807, 2.05) is 37.3 Å². The Morgan fingerprint density at radius 2 is 1.31 bits per heavy atom. The largest absolute Gasteiger partial charge is 0.461 e. The van der Waals surface area contributed by atoms with Crippen molar-refractivity contribution in [1.29, 1.82) is 0 Å². The summed E-state index contributed by atoms with van der Waals surface area (Å²) in [5.41, 5.74) is 0.939. The third kappa shape index (κ3) is 10.5. The normalized spacial score (nSPS) is 19.2. The van der Waals surface area contributed by atoms with Gasteiger partial charge >= 0.3 is 5.97 Å². The molecule has 0 N–H and O–H groups in total. The number of nitrogens with zero attached hydrogens (tertiary/aromatic N) is 1. The highest BCUT2D eigenvalue weighted by atomic mass is 16.6. The first-order valence-corrected chi connectivity index (χ1v) is 11.4. The van der Waals surface area contributed by atoms with Crippen LogP contribution in [0.2, 0.25) is 0 Å². The molecule has 1 aromatic rings. The molecule has 0 bridgehead atoms. The lowest BCUT2D eigenvalue weighted by atomic mass is 9.96. The van der Waals surface area contributed by atoms with Gasteiger partial charge in [-0.2, -0.15) is 0 Å². The standard InChI is InChI=1S/C24H37NO7/c1-20(18-21(2)24(27)32-19-22-6-4-3-5-7-22)23(26)25-8-10-28-12-14-30-16-17-31-15-13-29-11-9-25/h3-7,20-21H,8-19H2,1-2H3/t20-,21-/m0/s1. The predicted octanol–water partition coefficient (Wildman–Crippen LogP) is 2.30. The van der Waals surface area contributed by atoms with Gasteiger partial charge in [-0.05, 0) is 12.0 Å². The zero-order chi connectivity index (χ0) is 23.0. The summed E-state index contributed by atoms with van der Waals surface area (Å²) >= 11 is 0. The molecule has 2 atom stereocenters. The lowest BCUT2D eigenvalue weighted by Crippen LogP contribution is -2.40. The van der Waals surface area contributed by atoms with Crippen LogP contribution in [0.15, 0.2) is 30.3 Å². The molecule has 8 heteroatoms. The van der Waals surface area contributed by atoms with Crippen molar-refractivity contribution in [3.63, 3.8) is 0 Å². The Balaban J connectivity index is 1.80. The van der Waals surface area contributed by atoms with Crippen LogP contribution >= 0.6 is 0 Å². The van der Waals surface area contributed by atoms with Crippen molar-refractivity contribution in [3.8, 4) is 0 Å². The van der Waals surface area contributed by atoms with Gasteiger partial charge in [0, 0.05) is 19.0 Å². The number of ether oxygens (including phenoxy) is 5. The minimum absolute atomic E-state index is 0.0169. The summed E-state index contributed by atoms with van der Waals surface area (Å²) in [5.74, 6) is -1.00. The predicted molar refractivity (Wildman–Crippen MR) is 119 cm³/mol. The van der Waals surface area contributed by atoms with Crippen molar-refractivity contribution < 1.29 is 33.3 Å². The zero-order valence-electron chi connectivity index (χ0n) is 19.3. The molecule has 2 rings (SSSR count). The molecule has 0 aromatic heterocycles. The van der Waals surface area contributed by atoms with E-state index in [9.17, 15) is 9.59 Å². The molecule has 1 aliphatic heterocycles. The van der Waals surface area contributed by atoms with Crippen molar-refractivity contribution in [2.24, 2.45) is 11.8 Å². The second kappa shape index (κ2) is 15.7. The number of esters is 1. The smallest absolute Gasteiger partial charge is 0.309 e. The summed E-state index contributed by atoms with van der Waals surface area (Å²) in [6.45, 7) is 8.65. The van der Waals surface area contributed by atoms with E-state index in [0.29, 0.717) is 72.4 Å². The Hall–Kier alpha value is -2.00. The van der Waals surface area contributed by atoms with Gasteiger partial charge in [-0.1, -0.05) is 44.2 Å². The average Bonchev–Trinajstić information content (AvgIpc) is 2.82. The van der Waals surface area contributed by atoms with Gasteiger partial charge in [0.2, 0.25) is 5.91 Å². The zero-order valence-corrected chi connectivity index (χ0v) is 19.3. The van der Waals surface area contributed by atoms with Crippen LogP contribution in [0, 0.1) is 11.8 Å². The van der Waals surface area contributed by atoms with E-state index >= 15 is 0 Å². The first-order chi connectivity index (χ1) is 15.6. The molecular formula is C24H37NO7. The number of hydrogen-bond donors (Lipinski definition) is 0. The summed E-state index contributed by atoms with van der Waals surface area (Å²) in [5, 5.41) is 0. The van der Waals surface area contributed by atoms with Gasteiger partial charge in [0.25, 0.3) is 0 Å². The Morgan fingerprint density at radius 3 is 1.84 bits per heavy atom. The minimum atomic E-state index is -0.372. The molecule has 1 saturated heterocycles. The van der Waals surface area contributed by atoms with Crippen LogP contribution in [0.4, 0.5) is 0 Å². The van der Waals surface area contributed by atoms with E-state index in [2.05, 4.69) is 0 Å². The molecule has 0 unspecified atom stereocenters. The quantitative estimate of drug-likeness (QED) is 0.614. The number of amides is 1. The van der Waals surface area contributed by atoms with Gasteiger partial charge in [0.1, 0.15) is 6.61 Å². The third-order valence-electron chi connectivity index (χ3n) is 5.19. The molecule has 0 radical (unpaired) electrons. The first kappa shape index (κ1) is 26.3. The van der Waals surface area contributed by atoms with Crippen molar-refractivity contribution in [3.05, 3.63) is 35.9 Å². The maximum Gasteiger partial charge on any atom is 0.309 e. The van der Waals surface area contributed by atoms with E-state index in [1.54, 1.807) is 11.8 Å². The van der Waals surface area contributed by atoms with Crippen LogP contribution in [0.1, 0.15) is 25.8 Å². The fourth-order valence-corrected chi connectivity index (χ4v) is 3.35. The molecule has 1 amide bonds. The fourth-order valence-electron chi connectivity index (χ4n) is 3.35. The fraction of sp³-hybridized carbons (Fsp3) is 0.667. The average molecular weight is 452 g/mol. The summed E-state index contributed by atoms with van der Waals surface area (Å²) in [6.07, 6.45) is 0.423. The van der Waals surface area contributed by atoms with Crippen molar-refractivity contribution in [1.82, 2.24) is 4.90 Å². The van der Waals surface area contributed by atoms with Crippen LogP contribution in [-0.4, -0.2) is 82.7 Å². The van der Waals surface area contributed by atoms with Crippen LogP contribution in [0.3, 0.4) is 0 Å². The van der Waals surface area contributed by atoms with Gasteiger partial charge in [-0.15, -0.1) is 0 Å². The molecule has 1 fully saturated rings. The van der Waals surface area contributed by atoms with Gasteiger partial charge in [-0.25, -0.2) is 0 Å². The van der Waals surface area contributed by atoms with Crippen LogP contribution in [0.5, 0.6) is 0 Å². The molecule has 180 valence electrons. The van der Waals surface area contributed by atoms with E-state index in [4.69, 9.17) is 23.7 Å². The molecule has 1 aromatic carbocycles. The van der Waals surface area contributed by atoms with E-state index in [0.717, 1.165) is 5.56 Å². The Morgan fingerprint density at radius 1 is 0.812 bits per heavy atom. The van der Waals surface area contributed by atoms with Gasteiger partial charge in [-0.3, -0.25) is 9.59 Å². The van der Waals surface area contributed by atoms with Crippen molar-refractivity contribution in [2.75, 3.05) is 65.9 Å². The molecular weight excluding hydrogens is 414 g/mol.